The quantitative estimate of drug-likeness (QED) is 0.903. The molecule has 2 atom stereocenters. The highest BCUT2D eigenvalue weighted by Gasteiger charge is 2.22. The summed E-state index contributed by atoms with van der Waals surface area (Å²) in [5.41, 5.74) is 4.46. The summed E-state index contributed by atoms with van der Waals surface area (Å²) >= 11 is 0. The number of aromatic nitrogens is 1. The average molecular weight is 280 g/mol. The number of nitrogens with one attached hydrogen (secondary N) is 1. The van der Waals surface area contributed by atoms with E-state index < -0.39 is 0 Å². The fourth-order valence-corrected chi connectivity index (χ4v) is 3.55. The molecule has 1 aromatic carbocycles. The van der Waals surface area contributed by atoms with Gasteiger partial charge in [0.25, 0.3) is 0 Å². The van der Waals surface area contributed by atoms with E-state index >= 15 is 0 Å². The van der Waals surface area contributed by atoms with Crippen molar-refractivity contribution in [2.45, 2.75) is 44.1 Å². The molecule has 2 heteroatoms. The molecule has 1 aliphatic carbocycles. The predicted octanol–water partition coefficient (Wildman–Crippen LogP) is 3.72. The highest BCUT2D eigenvalue weighted by atomic mass is 14.9. The summed E-state index contributed by atoms with van der Waals surface area (Å²) in [6.45, 7) is 0. The minimum Gasteiger partial charge on any atom is -0.317 e. The standard InChI is InChI=1S/C19H24N2/c1-20-18(12-15-6-5-11-21-14-15)13-17-9-4-8-16-7-2-3-10-19(16)17/h2-3,5-7,10-11,14,17-18,20H,4,8-9,12-13H2,1H3. The second kappa shape index (κ2) is 6.86. The number of pyridine rings is 1. The first-order valence-electron chi connectivity index (χ1n) is 8.01. The number of hydrogen-bond acceptors (Lipinski definition) is 2. The first kappa shape index (κ1) is 14.3. The van der Waals surface area contributed by atoms with Gasteiger partial charge in [-0.15, -0.1) is 0 Å². The lowest BCUT2D eigenvalue weighted by atomic mass is 9.79. The molecule has 2 unspecified atom stereocenters. The van der Waals surface area contributed by atoms with Crippen molar-refractivity contribution in [3.8, 4) is 0 Å². The minimum atomic E-state index is 0.519. The summed E-state index contributed by atoms with van der Waals surface area (Å²) in [5.74, 6) is 0.698. The summed E-state index contributed by atoms with van der Waals surface area (Å²) in [6, 6.07) is 13.7. The molecule has 2 nitrogen and oxygen atoms in total. The Hall–Kier alpha value is -1.67. The zero-order valence-corrected chi connectivity index (χ0v) is 12.8. The van der Waals surface area contributed by atoms with Crippen molar-refractivity contribution in [1.82, 2.24) is 10.3 Å². The monoisotopic (exact) mass is 280 g/mol. The van der Waals surface area contributed by atoms with Crippen molar-refractivity contribution in [2.75, 3.05) is 7.05 Å². The van der Waals surface area contributed by atoms with Crippen molar-refractivity contribution in [2.24, 2.45) is 0 Å². The molecule has 1 heterocycles. The Morgan fingerprint density at radius 3 is 2.95 bits per heavy atom. The van der Waals surface area contributed by atoms with Crippen LogP contribution in [0.1, 0.15) is 41.9 Å². The van der Waals surface area contributed by atoms with Gasteiger partial charge < -0.3 is 5.32 Å². The molecule has 0 amide bonds. The second-order valence-corrected chi connectivity index (χ2v) is 6.07. The molecule has 0 bridgehead atoms. The van der Waals surface area contributed by atoms with E-state index in [0.29, 0.717) is 12.0 Å². The maximum atomic E-state index is 4.23. The zero-order valence-electron chi connectivity index (χ0n) is 12.8. The fourth-order valence-electron chi connectivity index (χ4n) is 3.55. The van der Waals surface area contributed by atoms with Crippen molar-refractivity contribution in [3.05, 3.63) is 65.5 Å². The third-order valence-corrected chi connectivity index (χ3v) is 4.68. The molecule has 3 rings (SSSR count). The van der Waals surface area contributed by atoms with Gasteiger partial charge in [-0.1, -0.05) is 30.3 Å². The van der Waals surface area contributed by atoms with Gasteiger partial charge in [0.15, 0.2) is 0 Å². The second-order valence-electron chi connectivity index (χ2n) is 6.07. The van der Waals surface area contributed by atoms with Crippen LogP contribution in [0.3, 0.4) is 0 Å². The highest BCUT2D eigenvalue weighted by Crippen LogP contribution is 2.34. The maximum Gasteiger partial charge on any atom is 0.0300 e. The van der Waals surface area contributed by atoms with Crippen molar-refractivity contribution in [3.63, 3.8) is 0 Å². The van der Waals surface area contributed by atoms with E-state index in [1.165, 1.54) is 31.2 Å². The van der Waals surface area contributed by atoms with Crippen LogP contribution in [0.15, 0.2) is 48.8 Å². The molecular formula is C19H24N2. The first-order valence-corrected chi connectivity index (χ1v) is 8.01. The van der Waals surface area contributed by atoms with Crippen molar-refractivity contribution >= 4 is 0 Å². The Kier molecular flexibility index (Phi) is 4.66. The van der Waals surface area contributed by atoms with Gasteiger partial charge in [0.2, 0.25) is 0 Å². The number of benzene rings is 1. The Morgan fingerprint density at radius 2 is 2.14 bits per heavy atom. The van der Waals surface area contributed by atoms with Gasteiger partial charge in [0, 0.05) is 18.4 Å². The highest BCUT2D eigenvalue weighted by molar-refractivity contribution is 5.32. The molecule has 0 radical (unpaired) electrons. The van der Waals surface area contributed by atoms with Gasteiger partial charge in [-0.25, -0.2) is 0 Å². The molecule has 0 saturated heterocycles. The third kappa shape index (κ3) is 3.51. The molecule has 0 saturated carbocycles. The van der Waals surface area contributed by atoms with Crippen LogP contribution < -0.4 is 5.32 Å². The molecule has 110 valence electrons. The molecule has 1 aliphatic rings. The molecule has 2 aromatic rings. The van der Waals surface area contributed by atoms with Crippen LogP contribution in [0.25, 0.3) is 0 Å². The van der Waals surface area contributed by atoms with Crippen LogP contribution in [0.5, 0.6) is 0 Å². The topological polar surface area (TPSA) is 24.9 Å². The Balaban J connectivity index is 1.70. The summed E-state index contributed by atoms with van der Waals surface area (Å²) < 4.78 is 0. The number of hydrogen-bond donors (Lipinski definition) is 1. The Bertz CT molecular complexity index is 565. The van der Waals surface area contributed by atoms with Crippen LogP contribution >= 0.6 is 0 Å². The number of aryl methyl sites for hydroxylation is 1. The maximum absolute atomic E-state index is 4.23. The molecular weight excluding hydrogens is 256 g/mol. The number of likely N-dealkylation sites (N-methyl/N-ethyl adjacent to an activating group) is 1. The number of fused-ring (bicyclic) bond motifs is 1. The van der Waals surface area contributed by atoms with Gasteiger partial charge in [-0.2, -0.15) is 0 Å². The lowest BCUT2D eigenvalue weighted by molar-refractivity contribution is 0.428. The van der Waals surface area contributed by atoms with Crippen LogP contribution in [-0.2, 0) is 12.8 Å². The van der Waals surface area contributed by atoms with E-state index in [-0.39, 0.29) is 0 Å². The van der Waals surface area contributed by atoms with E-state index in [0.717, 1.165) is 6.42 Å². The van der Waals surface area contributed by atoms with Crippen LogP contribution in [-0.4, -0.2) is 18.1 Å². The molecule has 0 fully saturated rings. The average Bonchev–Trinajstić information content (AvgIpc) is 2.55. The van der Waals surface area contributed by atoms with Crippen LogP contribution in [0, 0.1) is 0 Å². The predicted molar refractivity (Wildman–Crippen MR) is 87.5 cm³/mol. The van der Waals surface area contributed by atoms with Gasteiger partial charge in [-0.3, -0.25) is 4.98 Å². The van der Waals surface area contributed by atoms with E-state index in [9.17, 15) is 0 Å². The van der Waals surface area contributed by atoms with Gasteiger partial charge >= 0.3 is 0 Å². The Morgan fingerprint density at radius 1 is 1.24 bits per heavy atom. The van der Waals surface area contributed by atoms with E-state index in [4.69, 9.17) is 0 Å². The fraction of sp³-hybridized carbons (Fsp3) is 0.421. The van der Waals surface area contributed by atoms with Gasteiger partial charge in [0.05, 0.1) is 0 Å². The molecule has 0 spiro atoms. The minimum absolute atomic E-state index is 0.519. The smallest absolute Gasteiger partial charge is 0.0300 e. The number of nitrogens with zero attached hydrogens (tertiary/aromatic N) is 1. The third-order valence-electron chi connectivity index (χ3n) is 4.68. The summed E-state index contributed by atoms with van der Waals surface area (Å²) in [5, 5.41) is 3.50. The largest absolute Gasteiger partial charge is 0.317 e. The summed E-state index contributed by atoms with van der Waals surface area (Å²) in [4.78, 5) is 4.23. The summed E-state index contributed by atoms with van der Waals surface area (Å²) in [7, 11) is 2.08. The van der Waals surface area contributed by atoms with Gasteiger partial charge in [-0.05, 0) is 67.8 Å². The summed E-state index contributed by atoms with van der Waals surface area (Å²) in [6.07, 6.45) is 9.99. The van der Waals surface area contributed by atoms with E-state index in [1.807, 2.05) is 18.5 Å². The van der Waals surface area contributed by atoms with Crippen LogP contribution in [0.2, 0.25) is 0 Å². The lowest BCUT2D eigenvalue weighted by Gasteiger charge is -2.29. The van der Waals surface area contributed by atoms with Crippen LogP contribution in [0.4, 0.5) is 0 Å². The molecule has 1 N–H and O–H groups in total. The zero-order chi connectivity index (χ0) is 14.5. The number of rotatable bonds is 5. The molecule has 21 heavy (non-hydrogen) atoms. The van der Waals surface area contributed by atoms with Crippen molar-refractivity contribution < 1.29 is 0 Å². The van der Waals surface area contributed by atoms with E-state index in [1.54, 1.807) is 11.1 Å². The Labute approximate surface area is 127 Å². The van der Waals surface area contributed by atoms with E-state index in [2.05, 4.69) is 47.7 Å². The first-order chi connectivity index (χ1) is 10.4. The van der Waals surface area contributed by atoms with Crippen molar-refractivity contribution in [1.29, 1.82) is 0 Å². The van der Waals surface area contributed by atoms with Gasteiger partial charge in [0.1, 0.15) is 0 Å². The lowest BCUT2D eigenvalue weighted by Crippen LogP contribution is -2.30. The SMILES string of the molecule is CNC(Cc1cccnc1)CC1CCCc2ccccc21. The molecule has 1 aromatic heterocycles. The molecule has 0 aliphatic heterocycles. The normalized spacial score (nSPS) is 19.0.